The first-order valence-electron chi connectivity index (χ1n) is 9.04. The van der Waals surface area contributed by atoms with Gasteiger partial charge in [0.25, 0.3) is 0 Å². The number of thioether (sulfide) groups is 1. The zero-order valence-electron chi connectivity index (χ0n) is 14.3. The molecule has 128 valence electrons. The number of rotatable bonds is 4. The van der Waals surface area contributed by atoms with Gasteiger partial charge in [0.2, 0.25) is 5.91 Å². The predicted molar refractivity (Wildman–Crippen MR) is 92.5 cm³/mol. The lowest BCUT2D eigenvalue weighted by Gasteiger charge is -2.30. The average Bonchev–Trinajstić information content (AvgIpc) is 2.77. The number of aromatic nitrogens is 3. The van der Waals surface area contributed by atoms with E-state index in [1.165, 1.54) is 38.5 Å². The maximum Gasteiger partial charge on any atom is 0.233 e. The number of aryl methyl sites for hydroxylation is 1. The molecule has 1 aliphatic carbocycles. The van der Waals surface area contributed by atoms with Gasteiger partial charge in [0.15, 0.2) is 5.16 Å². The van der Waals surface area contributed by atoms with E-state index in [1.54, 1.807) is 11.8 Å². The van der Waals surface area contributed by atoms with Gasteiger partial charge >= 0.3 is 0 Å². The molecular weight excluding hydrogens is 308 g/mol. The molecule has 0 radical (unpaired) electrons. The molecule has 1 amide bonds. The molecule has 0 saturated heterocycles. The summed E-state index contributed by atoms with van der Waals surface area (Å²) in [6.45, 7) is 5.21. The first-order valence-corrected chi connectivity index (χ1v) is 9.92. The van der Waals surface area contributed by atoms with Crippen LogP contribution in [-0.4, -0.2) is 32.0 Å². The molecule has 3 rings (SSSR count). The normalized spacial score (nSPS) is 26.2. The first-order chi connectivity index (χ1) is 11.1. The second-order valence-electron chi connectivity index (χ2n) is 7.00. The van der Waals surface area contributed by atoms with Crippen LogP contribution in [0.4, 0.5) is 0 Å². The van der Waals surface area contributed by atoms with Crippen LogP contribution in [0.15, 0.2) is 5.16 Å². The van der Waals surface area contributed by atoms with Crippen LogP contribution in [0.3, 0.4) is 0 Å². The monoisotopic (exact) mass is 336 g/mol. The molecule has 2 heterocycles. The van der Waals surface area contributed by atoms with Gasteiger partial charge in [0.1, 0.15) is 5.82 Å². The molecule has 0 aromatic carbocycles. The van der Waals surface area contributed by atoms with Gasteiger partial charge in [-0.2, -0.15) is 0 Å². The van der Waals surface area contributed by atoms with E-state index < -0.39 is 0 Å². The third-order valence-electron chi connectivity index (χ3n) is 5.17. The van der Waals surface area contributed by atoms with E-state index in [0.29, 0.717) is 12.0 Å². The van der Waals surface area contributed by atoms with E-state index in [4.69, 9.17) is 0 Å². The van der Waals surface area contributed by atoms with Gasteiger partial charge in [-0.3, -0.25) is 4.79 Å². The summed E-state index contributed by atoms with van der Waals surface area (Å²) in [4.78, 5) is 12.5. The number of carbonyl (C=O) groups is 1. The van der Waals surface area contributed by atoms with Crippen LogP contribution < -0.4 is 5.32 Å². The summed E-state index contributed by atoms with van der Waals surface area (Å²) >= 11 is 1.55. The Bertz CT molecular complexity index is 545. The standard InChI is InChI=1S/C17H28N4OS/c1-12-8-5-6-9-14(12)18-16(22)13(2)23-17-20-19-15-10-4-3-7-11-21(15)17/h12-14H,3-11H2,1-2H3,(H,18,22)/t12-,13-,14-/m1/s1. The molecule has 3 atom stereocenters. The van der Waals surface area contributed by atoms with Gasteiger partial charge in [-0.05, 0) is 38.5 Å². The number of nitrogens with zero attached hydrogens (tertiary/aromatic N) is 3. The van der Waals surface area contributed by atoms with Crippen molar-refractivity contribution in [3.63, 3.8) is 0 Å². The molecule has 1 fully saturated rings. The molecule has 1 aliphatic heterocycles. The molecule has 1 N–H and O–H groups in total. The minimum absolute atomic E-state index is 0.124. The summed E-state index contributed by atoms with van der Waals surface area (Å²) in [5.74, 6) is 1.81. The van der Waals surface area contributed by atoms with E-state index in [9.17, 15) is 4.79 Å². The molecule has 0 unspecified atom stereocenters. The van der Waals surface area contributed by atoms with Crippen molar-refractivity contribution in [2.24, 2.45) is 5.92 Å². The van der Waals surface area contributed by atoms with Crippen molar-refractivity contribution in [3.8, 4) is 0 Å². The van der Waals surface area contributed by atoms with Crippen molar-refractivity contribution in [2.75, 3.05) is 0 Å². The Hall–Kier alpha value is -1.04. The molecule has 5 nitrogen and oxygen atoms in total. The van der Waals surface area contributed by atoms with Crippen LogP contribution in [0.1, 0.15) is 64.6 Å². The van der Waals surface area contributed by atoms with E-state index in [2.05, 4.69) is 27.0 Å². The average molecular weight is 337 g/mol. The molecule has 1 aromatic rings. The minimum Gasteiger partial charge on any atom is -0.352 e. The molecule has 1 aromatic heterocycles. The van der Waals surface area contributed by atoms with Crippen LogP contribution in [-0.2, 0) is 17.8 Å². The van der Waals surface area contributed by atoms with Gasteiger partial charge in [0.05, 0.1) is 5.25 Å². The third-order valence-corrected chi connectivity index (χ3v) is 6.25. The van der Waals surface area contributed by atoms with Crippen molar-refractivity contribution in [1.29, 1.82) is 0 Å². The van der Waals surface area contributed by atoms with Crippen LogP contribution in [0.25, 0.3) is 0 Å². The second-order valence-corrected chi connectivity index (χ2v) is 8.31. The number of nitrogens with one attached hydrogen (secondary N) is 1. The predicted octanol–water partition coefficient (Wildman–Crippen LogP) is 3.18. The molecule has 0 spiro atoms. The Kier molecular flexibility index (Phi) is 5.62. The molecule has 0 bridgehead atoms. The zero-order valence-corrected chi connectivity index (χ0v) is 15.1. The Labute approximate surface area is 143 Å². The highest BCUT2D eigenvalue weighted by Crippen LogP contribution is 2.27. The minimum atomic E-state index is -0.124. The molecule has 23 heavy (non-hydrogen) atoms. The zero-order chi connectivity index (χ0) is 16.2. The van der Waals surface area contributed by atoms with Gasteiger partial charge in [0, 0.05) is 19.0 Å². The maximum absolute atomic E-state index is 12.5. The molecule has 6 heteroatoms. The number of amides is 1. The van der Waals surface area contributed by atoms with Crippen molar-refractivity contribution in [2.45, 2.75) is 88.2 Å². The SMILES string of the molecule is C[C@@H]1CCCC[C@H]1NC(=O)[C@@H](C)Sc1nnc2n1CCCCC2. The van der Waals surface area contributed by atoms with Crippen molar-refractivity contribution in [3.05, 3.63) is 5.82 Å². The number of fused-ring (bicyclic) bond motifs is 1. The van der Waals surface area contributed by atoms with Crippen LogP contribution in [0.2, 0.25) is 0 Å². The van der Waals surface area contributed by atoms with E-state index >= 15 is 0 Å². The van der Waals surface area contributed by atoms with Crippen molar-refractivity contribution >= 4 is 17.7 Å². The maximum atomic E-state index is 12.5. The van der Waals surface area contributed by atoms with E-state index in [0.717, 1.165) is 30.4 Å². The first kappa shape index (κ1) is 16.8. The number of carbonyl (C=O) groups excluding carboxylic acids is 1. The summed E-state index contributed by atoms with van der Waals surface area (Å²) in [6.07, 6.45) is 9.50. The summed E-state index contributed by atoms with van der Waals surface area (Å²) in [5.41, 5.74) is 0. The lowest BCUT2D eigenvalue weighted by molar-refractivity contribution is -0.121. The Morgan fingerprint density at radius 1 is 1.22 bits per heavy atom. The molecule has 1 saturated carbocycles. The smallest absolute Gasteiger partial charge is 0.233 e. The fraction of sp³-hybridized carbons (Fsp3) is 0.824. The van der Waals surface area contributed by atoms with Crippen LogP contribution in [0.5, 0.6) is 0 Å². The second kappa shape index (κ2) is 7.69. The topological polar surface area (TPSA) is 59.8 Å². The third kappa shape index (κ3) is 4.08. The fourth-order valence-corrected chi connectivity index (χ4v) is 4.49. The summed E-state index contributed by atoms with van der Waals surface area (Å²) in [5, 5.41) is 12.7. The number of hydrogen-bond acceptors (Lipinski definition) is 4. The summed E-state index contributed by atoms with van der Waals surface area (Å²) in [7, 11) is 0. The highest BCUT2D eigenvalue weighted by Gasteiger charge is 2.26. The highest BCUT2D eigenvalue weighted by atomic mass is 32.2. The van der Waals surface area contributed by atoms with E-state index in [-0.39, 0.29) is 11.2 Å². The lowest BCUT2D eigenvalue weighted by Crippen LogP contribution is -2.44. The Morgan fingerprint density at radius 3 is 2.87 bits per heavy atom. The van der Waals surface area contributed by atoms with Crippen LogP contribution >= 0.6 is 11.8 Å². The Balaban J connectivity index is 1.59. The van der Waals surface area contributed by atoms with Crippen LogP contribution in [0, 0.1) is 5.92 Å². The van der Waals surface area contributed by atoms with Gasteiger partial charge < -0.3 is 9.88 Å². The number of hydrogen-bond donors (Lipinski definition) is 1. The van der Waals surface area contributed by atoms with Crippen molar-refractivity contribution in [1.82, 2.24) is 20.1 Å². The van der Waals surface area contributed by atoms with Gasteiger partial charge in [-0.1, -0.05) is 37.9 Å². The highest BCUT2D eigenvalue weighted by molar-refractivity contribution is 8.00. The Morgan fingerprint density at radius 2 is 2.04 bits per heavy atom. The summed E-state index contributed by atoms with van der Waals surface area (Å²) < 4.78 is 2.21. The van der Waals surface area contributed by atoms with Gasteiger partial charge in [-0.25, -0.2) is 0 Å². The molecular formula is C17H28N4OS. The quantitative estimate of drug-likeness (QED) is 0.858. The fourth-order valence-electron chi connectivity index (χ4n) is 3.59. The van der Waals surface area contributed by atoms with Crippen molar-refractivity contribution < 1.29 is 4.79 Å². The van der Waals surface area contributed by atoms with E-state index in [1.807, 2.05) is 6.92 Å². The summed E-state index contributed by atoms with van der Waals surface area (Å²) in [6, 6.07) is 0.342. The molecule has 2 aliphatic rings. The lowest BCUT2D eigenvalue weighted by atomic mass is 9.86. The largest absolute Gasteiger partial charge is 0.352 e. The van der Waals surface area contributed by atoms with Gasteiger partial charge in [-0.15, -0.1) is 10.2 Å².